The monoisotopic (exact) mass is 513 g/mol. The third kappa shape index (κ3) is 6.09. The molecule has 2 atom stereocenters. The smallest absolute Gasteiger partial charge is 0.212 e. The van der Waals surface area contributed by atoms with Crippen LogP contribution in [0.5, 0.6) is 11.6 Å². The van der Waals surface area contributed by atoms with E-state index in [-0.39, 0.29) is 11.9 Å². The Morgan fingerprint density at radius 2 is 1.92 bits per heavy atom. The summed E-state index contributed by atoms with van der Waals surface area (Å²) in [7, 11) is 1.56. The molecular formula is C28H33ClFN3O3. The molecule has 0 aliphatic carbocycles. The summed E-state index contributed by atoms with van der Waals surface area (Å²) in [5.74, 6) is 0.970. The lowest BCUT2D eigenvalue weighted by atomic mass is 9.95. The topological polar surface area (TPSA) is 58.1 Å². The minimum absolute atomic E-state index is 0.0796. The molecule has 2 aromatic carbocycles. The van der Waals surface area contributed by atoms with Crippen molar-refractivity contribution in [3.05, 3.63) is 82.8 Å². The highest BCUT2D eigenvalue weighted by atomic mass is 35.5. The van der Waals surface area contributed by atoms with Crippen LogP contribution in [0.2, 0.25) is 5.02 Å². The fraction of sp³-hybridized carbons (Fsp3) is 0.393. The lowest BCUT2D eigenvalue weighted by Gasteiger charge is -2.45. The predicted octanol–water partition coefficient (Wildman–Crippen LogP) is 5.44. The predicted molar refractivity (Wildman–Crippen MR) is 141 cm³/mol. The summed E-state index contributed by atoms with van der Waals surface area (Å²) in [6.45, 7) is 6.96. The van der Waals surface area contributed by atoms with Crippen molar-refractivity contribution in [2.75, 3.05) is 44.8 Å². The van der Waals surface area contributed by atoms with E-state index in [1.165, 1.54) is 12.1 Å². The Labute approximate surface area is 217 Å². The quantitative estimate of drug-likeness (QED) is 0.411. The van der Waals surface area contributed by atoms with Gasteiger partial charge in [-0.15, -0.1) is 0 Å². The van der Waals surface area contributed by atoms with Gasteiger partial charge >= 0.3 is 0 Å². The molecular weight excluding hydrogens is 481 g/mol. The maximum Gasteiger partial charge on any atom is 0.212 e. The van der Waals surface area contributed by atoms with Crippen LogP contribution in [-0.2, 0) is 5.60 Å². The van der Waals surface area contributed by atoms with Gasteiger partial charge in [-0.25, -0.2) is 9.37 Å². The Bertz CT molecular complexity index is 1140. The van der Waals surface area contributed by atoms with Crippen molar-refractivity contribution < 1.29 is 19.0 Å². The first-order valence-corrected chi connectivity index (χ1v) is 12.6. The number of hydrogen-bond acceptors (Lipinski definition) is 6. The molecule has 1 aliphatic heterocycles. The molecule has 4 rings (SSSR count). The van der Waals surface area contributed by atoms with Crippen LogP contribution in [0.1, 0.15) is 37.4 Å². The van der Waals surface area contributed by atoms with E-state index in [1.54, 1.807) is 26.3 Å². The number of β-amino-alcohol motifs (C(OH)–C–C–N with tert-alkyl or cyclic N) is 1. The van der Waals surface area contributed by atoms with Crippen LogP contribution in [0, 0.1) is 5.82 Å². The van der Waals surface area contributed by atoms with Crippen LogP contribution in [0.15, 0.2) is 60.8 Å². The standard InChI is InChI=1S/C28H33ClFN3O3/c1-4-15-36-23-10-11-25(24(29)16-23)33-14-13-32(18-26(33)20-5-8-22(30)9-6-20)19-28(2,34)21-7-12-27(35-3)31-17-21/h5-12,16-17,26,34H,4,13-15,18-19H2,1-3H3/t26-,28+/m0/s1. The van der Waals surface area contributed by atoms with Crippen molar-refractivity contribution in [3.8, 4) is 11.6 Å². The van der Waals surface area contributed by atoms with Gasteiger partial charge in [-0.05, 0) is 49.2 Å². The fourth-order valence-electron chi connectivity index (χ4n) is 4.62. The van der Waals surface area contributed by atoms with Crippen LogP contribution in [0.4, 0.5) is 10.1 Å². The van der Waals surface area contributed by atoms with Crippen molar-refractivity contribution >= 4 is 17.3 Å². The maximum atomic E-state index is 13.7. The van der Waals surface area contributed by atoms with Gasteiger partial charge in [-0.1, -0.05) is 30.7 Å². The molecule has 1 aromatic heterocycles. The first-order valence-electron chi connectivity index (χ1n) is 12.2. The number of hydrogen-bond donors (Lipinski definition) is 1. The minimum atomic E-state index is -1.11. The van der Waals surface area contributed by atoms with Gasteiger partial charge in [-0.3, -0.25) is 4.90 Å². The van der Waals surface area contributed by atoms with E-state index in [1.807, 2.05) is 36.4 Å². The second kappa shape index (κ2) is 11.5. The molecule has 1 N–H and O–H groups in total. The molecule has 0 unspecified atom stereocenters. The van der Waals surface area contributed by atoms with Crippen LogP contribution in [-0.4, -0.2) is 54.9 Å². The summed E-state index contributed by atoms with van der Waals surface area (Å²) in [6.07, 6.45) is 2.57. The number of aliphatic hydroxyl groups is 1. The van der Waals surface area contributed by atoms with Crippen molar-refractivity contribution in [1.29, 1.82) is 0 Å². The molecule has 0 spiro atoms. The number of benzene rings is 2. The van der Waals surface area contributed by atoms with E-state index in [2.05, 4.69) is 21.7 Å². The third-order valence-corrected chi connectivity index (χ3v) is 6.82. The molecule has 1 fully saturated rings. The van der Waals surface area contributed by atoms with Crippen LogP contribution < -0.4 is 14.4 Å². The molecule has 0 amide bonds. The highest BCUT2D eigenvalue weighted by Crippen LogP contribution is 2.38. The second-order valence-corrected chi connectivity index (χ2v) is 9.73. The van der Waals surface area contributed by atoms with E-state index >= 15 is 0 Å². The van der Waals surface area contributed by atoms with Crippen LogP contribution >= 0.6 is 11.6 Å². The van der Waals surface area contributed by atoms with E-state index < -0.39 is 5.60 Å². The van der Waals surface area contributed by atoms with Gasteiger partial charge in [0.2, 0.25) is 5.88 Å². The maximum absolute atomic E-state index is 13.7. The van der Waals surface area contributed by atoms with E-state index in [4.69, 9.17) is 21.1 Å². The SMILES string of the molecule is CCCOc1ccc(N2CCN(C[C@@](C)(O)c3ccc(OC)nc3)C[C@H]2c2ccc(F)cc2)c(Cl)c1. The zero-order valence-electron chi connectivity index (χ0n) is 21.0. The summed E-state index contributed by atoms with van der Waals surface area (Å²) in [4.78, 5) is 8.72. The van der Waals surface area contributed by atoms with Gasteiger partial charge in [0.15, 0.2) is 0 Å². The van der Waals surface area contributed by atoms with Crippen molar-refractivity contribution in [3.63, 3.8) is 0 Å². The first-order chi connectivity index (χ1) is 17.3. The largest absolute Gasteiger partial charge is 0.494 e. The van der Waals surface area contributed by atoms with Crippen LogP contribution in [0.25, 0.3) is 0 Å². The Hall–Kier alpha value is -2.87. The van der Waals surface area contributed by atoms with Gasteiger partial charge in [0.1, 0.15) is 17.2 Å². The average molecular weight is 514 g/mol. The Kier molecular flexibility index (Phi) is 8.34. The Morgan fingerprint density at radius 1 is 1.14 bits per heavy atom. The average Bonchev–Trinajstić information content (AvgIpc) is 2.88. The Morgan fingerprint density at radius 3 is 2.56 bits per heavy atom. The third-order valence-electron chi connectivity index (χ3n) is 6.52. The molecule has 2 heterocycles. The number of rotatable bonds is 9. The van der Waals surface area contributed by atoms with E-state index in [9.17, 15) is 9.50 Å². The number of piperazine rings is 1. The zero-order valence-corrected chi connectivity index (χ0v) is 21.7. The molecule has 3 aromatic rings. The molecule has 1 saturated heterocycles. The molecule has 0 bridgehead atoms. The van der Waals surface area contributed by atoms with Gasteiger partial charge in [-0.2, -0.15) is 0 Å². The lowest BCUT2D eigenvalue weighted by Crippen LogP contribution is -2.52. The van der Waals surface area contributed by atoms with Gasteiger partial charge in [0, 0.05) is 50.1 Å². The normalized spacial score (nSPS) is 18.1. The Balaban J connectivity index is 1.57. The fourth-order valence-corrected chi connectivity index (χ4v) is 4.90. The summed E-state index contributed by atoms with van der Waals surface area (Å²) < 4.78 is 24.6. The van der Waals surface area contributed by atoms with Gasteiger partial charge in [0.25, 0.3) is 0 Å². The van der Waals surface area contributed by atoms with Crippen molar-refractivity contribution in [1.82, 2.24) is 9.88 Å². The lowest BCUT2D eigenvalue weighted by molar-refractivity contribution is 0.00997. The summed E-state index contributed by atoms with van der Waals surface area (Å²) in [5.41, 5.74) is 1.50. The number of pyridine rings is 1. The number of anilines is 1. The molecule has 36 heavy (non-hydrogen) atoms. The van der Waals surface area contributed by atoms with Gasteiger partial charge < -0.3 is 19.5 Å². The summed E-state index contributed by atoms with van der Waals surface area (Å²) in [5, 5.41) is 11.9. The molecule has 8 heteroatoms. The summed E-state index contributed by atoms with van der Waals surface area (Å²) in [6, 6.07) is 15.9. The summed E-state index contributed by atoms with van der Waals surface area (Å²) >= 11 is 6.71. The van der Waals surface area contributed by atoms with Crippen LogP contribution in [0.3, 0.4) is 0 Å². The second-order valence-electron chi connectivity index (χ2n) is 9.32. The van der Waals surface area contributed by atoms with E-state index in [0.29, 0.717) is 37.1 Å². The molecule has 0 saturated carbocycles. The van der Waals surface area contributed by atoms with Crippen molar-refractivity contribution in [2.45, 2.75) is 31.9 Å². The molecule has 0 radical (unpaired) electrons. The molecule has 6 nitrogen and oxygen atoms in total. The number of aromatic nitrogens is 1. The highest BCUT2D eigenvalue weighted by Gasteiger charge is 2.34. The first kappa shape index (κ1) is 26.2. The number of methoxy groups -OCH3 is 1. The molecule has 1 aliphatic rings. The zero-order chi connectivity index (χ0) is 25.7. The number of nitrogens with zero attached hydrogens (tertiary/aromatic N) is 3. The number of ether oxygens (including phenoxy) is 2. The van der Waals surface area contributed by atoms with Crippen molar-refractivity contribution in [2.24, 2.45) is 0 Å². The highest BCUT2D eigenvalue weighted by molar-refractivity contribution is 6.33. The number of halogens is 2. The van der Waals surface area contributed by atoms with Gasteiger partial charge in [0.05, 0.1) is 30.5 Å². The van der Waals surface area contributed by atoms with E-state index in [0.717, 1.165) is 35.5 Å². The minimum Gasteiger partial charge on any atom is -0.494 e. The molecule has 192 valence electrons.